The predicted octanol–water partition coefficient (Wildman–Crippen LogP) is 2.50. The zero-order chi connectivity index (χ0) is 14.4. The molecule has 0 heterocycles. The van der Waals surface area contributed by atoms with Crippen molar-refractivity contribution in [1.29, 1.82) is 0 Å². The van der Waals surface area contributed by atoms with Gasteiger partial charge in [0.2, 0.25) is 0 Å². The maximum atomic E-state index is 12.1. The number of carbonyl (C=O) groups is 1. The number of hydrogen-bond acceptors (Lipinski definition) is 2. The third-order valence-electron chi connectivity index (χ3n) is 2.85. The average Bonchev–Trinajstić information content (AvgIpc) is 2.45. The summed E-state index contributed by atoms with van der Waals surface area (Å²) in [6.07, 6.45) is 1.65. The summed E-state index contributed by atoms with van der Waals surface area (Å²) in [4.78, 5) is 12.1. The van der Waals surface area contributed by atoms with E-state index in [9.17, 15) is 9.00 Å². The molecule has 1 atom stereocenters. The summed E-state index contributed by atoms with van der Waals surface area (Å²) in [6.45, 7) is 0.504. The Labute approximate surface area is 121 Å². The second kappa shape index (κ2) is 7.01. The highest BCUT2D eigenvalue weighted by molar-refractivity contribution is 7.83. The van der Waals surface area contributed by atoms with Gasteiger partial charge in [0.15, 0.2) is 0 Å². The van der Waals surface area contributed by atoms with Crippen LogP contribution in [0.3, 0.4) is 0 Å². The minimum atomic E-state index is -0.903. The molecule has 1 N–H and O–H groups in total. The summed E-state index contributed by atoms with van der Waals surface area (Å²) in [6, 6.07) is 17.0. The van der Waals surface area contributed by atoms with Gasteiger partial charge in [0.05, 0.1) is 0 Å². The lowest BCUT2D eigenvalue weighted by molar-refractivity contribution is 0.0951. The maximum Gasteiger partial charge on any atom is 0.251 e. The Morgan fingerprint density at radius 3 is 2.45 bits per heavy atom. The molecule has 0 saturated heterocycles. The van der Waals surface area contributed by atoms with Crippen LogP contribution in [-0.2, 0) is 23.1 Å². The van der Waals surface area contributed by atoms with Crippen LogP contribution in [0.1, 0.15) is 21.5 Å². The number of hydrogen-bond donors (Lipinski definition) is 1. The summed E-state index contributed by atoms with van der Waals surface area (Å²) >= 11 is 0. The molecular weight excluding hydrogens is 270 g/mol. The minimum Gasteiger partial charge on any atom is -0.348 e. The van der Waals surface area contributed by atoms with Crippen LogP contribution in [0.5, 0.6) is 0 Å². The Morgan fingerprint density at radius 1 is 1.05 bits per heavy atom. The molecule has 0 aliphatic rings. The number of benzene rings is 2. The third kappa shape index (κ3) is 4.31. The van der Waals surface area contributed by atoms with Crippen LogP contribution in [-0.4, -0.2) is 16.4 Å². The standard InChI is InChI=1S/C16H17NO2S/c1-20(19)12-14-8-5-9-15(10-14)16(18)17-11-13-6-3-2-4-7-13/h2-10H,11-12H2,1H3,(H,17,18). The lowest BCUT2D eigenvalue weighted by Gasteiger charge is -2.06. The van der Waals surface area contributed by atoms with E-state index >= 15 is 0 Å². The van der Waals surface area contributed by atoms with E-state index in [0.717, 1.165) is 11.1 Å². The van der Waals surface area contributed by atoms with Gasteiger partial charge in [0.1, 0.15) is 0 Å². The predicted molar refractivity (Wildman–Crippen MR) is 81.8 cm³/mol. The Bertz CT molecular complexity index is 611. The molecule has 0 spiro atoms. The smallest absolute Gasteiger partial charge is 0.251 e. The zero-order valence-electron chi connectivity index (χ0n) is 11.3. The first-order chi connectivity index (χ1) is 9.65. The van der Waals surface area contributed by atoms with E-state index in [-0.39, 0.29) is 5.91 Å². The van der Waals surface area contributed by atoms with Crippen molar-refractivity contribution in [2.24, 2.45) is 0 Å². The lowest BCUT2D eigenvalue weighted by Crippen LogP contribution is -2.22. The zero-order valence-corrected chi connectivity index (χ0v) is 12.2. The Balaban J connectivity index is 2.00. The van der Waals surface area contributed by atoms with E-state index < -0.39 is 10.8 Å². The van der Waals surface area contributed by atoms with Gasteiger partial charge in [0.25, 0.3) is 5.91 Å². The van der Waals surface area contributed by atoms with Crippen molar-refractivity contribution in [3.8, 4) is 0 Å². The fraction of sp³-hybridized carbons (Fsp3) is 0.188. The Kier molecular flexibility index (Phi) is 5.07. The van der Waals surface area contributed by atoms with Crippen LogP contribution in [0, 0.1) is 0 Å². The molecule has 0 bridgehead atoms. The van der Waals surface area contributed by atoms with Gasteiger partial charge in [-0.25, -0.2) is 0 Å². The van der Waals surface area contributed by atoms with E-state index in [2.05, 4.69) is 5.32 Å². The van der Waals surface area contributed by atoms with Gasteiger partial charge in [-0.3, -0.25) is 9.00 Å². The highest BCUT2D eigenvalue weighted by atomic mass is 32.2. The van der Waals surface area contributed by atoms with Crippen LogP contribution in [0.15, 0.2) is 54.6 Å². The molecule has 0 saturated carbocycles. The van der Waals surface area contributed by atoms with Gasteiger partial charge in [-0.05, 0) is 23.3 Å². The van der Waals surface area contributed by atoms with Gasteiger partial charge in [0, 0.05) is 34.9 Å². The SMILES string of the molecule is CS(=O)Cc1cccc(C(=O)NCc2ccccc2)c1. The first kappa shape index (κ1) is 14.5. The largest absolute Gasteiger partial charge is 0.348 e. The van der Waals surface area contributed by atoms with Gasteiger partial charge >= 0.3 is 0 Å². The summed E-state index contributed by atoms with van der Waals surface area (Å²) < 4.78 is 11.2. The van der Waals surface area contributed by atoms with Crippen LogP contribution >= 0.6 is 0 Å². The minimum absolute atomic E-state index is 0.113. The van der Waals surface area contributed by atoms with Crippen LogP contribution in [0.4, 0.5) is 0 Å². The molecule has 3 nitrogen and oxygen atoms in total. The Morgan fingerprint density at radius 2 is 1.75 bits per heavy atom. The van der Waals surface area contributed by atoms with E-state index in [1.165, 1.54) is 0 Å². The topological polar surface area (TPSA) is 46.2 Å². The fourth-order valence-corrected chi connectivity index (χ4v) is 2.57. The van der Waals surface area contributed by atoms with Crippen LogP contribution in [0.25, 0.3) is 0 Å². The normalized spacial score (nSPS) is 11.8. The average molecular weight is 287 g/mol. The highest BCUT2D eigenvalue weighted by Gasteiger charge is 2.06. The number of amides is 1. The summed E-state index contributed by atoms with van der Waals surface area (Å²) in [5.74, 6) is 0.359. The first-order valence-corrected chi connectivity index (χ1v) is 8.09. The van der Waals surface area contributed by atoms with Crippen molar-refractivity contribution < 1.29 is 9.00 Å². The van der Waals surface area contributed by atoms with Gasteiger partial charge in [-0.1, -0.05) is 42.5 Å². The molecule has 0 fully saturated rings. The fourth-order valence-electron chi connectivity index (χ4n) is 1.92. The molecule has 2 aromatic carbocycles. The van der Waals surface area contributed by atoms with Crippen molar-refractivity contribution in [2.75, 3.05) is 6.26 Å². The molecule has 1 unspecified atom stereocenters. The molecule has 0 aliphatic heterocycles. The second-order valence-corrected chi connectivity index (χ2v) is 6.02. The number of carbonyl (C=O) groups excluding carboxylic acids is 1. The molecule has 0 aliphatic carbocycles. The maximum absolute atomic E-state index is 12.1. The van der Waals surface area contributed by atoms with E-state index in [4.69, 9.17) is 0 Å². The summed E-state index contributed by atoms with van der Waals surface area (Å²) in [5, 5.41) is 2.88. The molecule has 104 valence electrons. The molecule has 0 radical (unpaired) electrons. The molecule has 4 heteroatoms. The summed E-state index contributed by atoms with van der Waals surface area (Å²) in [7, 11) is -0.903. The molecular formula is C16H17NO2S. The van der Waals surface area contributed by atoms with Gasteiger partial charge in [-0.15, -0.1) is 0 Å². The molecule has 0 aromatic heterocycles. The van der Waals surface area contributed by atoms with Crippen molar-refractivity contribution in [1.82, 2.24) is 5.32 Å². The van der Waals surface area contributed by atoms with E-state index in [1.54, 1.807) is 18.4 Å². The summed E-state index contributed by atoms with van der Waals surface area (Å²) in [5.41, 5.74) is 2.58. The quantitative estimate of drug-likeness (QED) is 0.918. The molecule has 20 heavy (non-hydrogen) atoms. The lowest BCUT2D eigenvalue weighted by atomic mass is 10.1. The number of nitrogens with one attached hydrogen (secondary N) is 1. The van der Waals surface area contributed by atoms with Crippen molar-refractivity contribution in [3.63, 3.8) is 0 Å². The van der Waals surface area contributed by atoms with Crippen molar-refractivity contribution in [3.05, 3.63) is 71.3 Å². The molecule has 1 amide bonds. The van der Waals surface area contributed by atoms with Gasteiger partial charge < -0.3 is 5.32 Å². The van der Waals surface area contributed by atoms with E-state index in [1.807, 2.05) is 42.5 Å². The number of rotatable bonds is 5. The van der Waals surface area contributed by atoms with Crippen molar-refractivity contribution in [2.45, 2.75) is 12.3 Å². The molecule has 2 aromatic rings. The van der Waals surface area contributed by atoms with Crippen LogP contribution < -0.4 is 5.32 Å². The van der Waals surface area contributed by atoms with Gasteiger partial charge in [-0.2, -0.15) is 0 Å². The molecule has 2 rings (SSSR count). The van der Waals surface area contributed by atoms with E-state index in [0.29, 0.717) is 17.9 Å². The van der Waals surface area contributed by atoms with Crippen molar-refractivity contribution >= 4 is 16.7 Å². The Hall–Kier alpha value is -1.94. The first-order valence-electron chi connectivity index (χ1n) is 6.36. The second-order valence-electron chi connectivity index (χ2n) is 4.59. The monoisotopic (exact) mass is 287 g/mol. The highest BCUT2D eigenvalue weighted by Crippen LogP contribution is 2.08. The third-order valence-corrected chi connectivity index (χ3v) is 3.59. The van der Waals surface area contributed by atoms with Crippen LogP contribution in [0.2, 0.25) is 0 Å².